The molecule has 4 rings (SSSR count). The summed E-state index contributed by atoms with van der Waals surface area (Å²) in [7, 11) is -3.71. The first-order valence-electron chi connectivity index (χ1n) is 8.78. The number of amides is 2. The van der Waals surface area contributed by atoms with Gasteiger partial charge in [0, 0.05) is 48.4 Å². The van der Waals surface area contributed by atoms with Crippen molar-refractivity contribution in [2.75, 3.05) is 17.0 Å². The lowest BCUT2D eigenvalue weighted by molar-refractivity contribution is -0.147. The highest BCUT2D eigenvalue weighted by molar-refractivity contribution is 7.92. The van der Waals surface area contributed by atoms with Crippen LogP contribution in [0.25, 0.3) is 16.2 Å². The number of hydrogen-bond acceptors (Lipinski definition) is 6. The van der Waals surface area contributed by atoms with Gasteiger partial charge in [-0.25, -0.2) is 13.4 Å². The molecule has 2 aromatic heterocycles. The summed E-state index contributed by atoms with van der Waals surface area (Å²) in [5.74, 6) is -0.962. The molecule has 0 bridgehead atoms. The standard InChI is InChI=1S/C18H18N4O4S2/c23-16-5-2-6-17(24)22(16)8-10-28(25,26)20-14-4-1-3-13(11-14)15-12-21-7-9-27-18(21)19-15/h1,3-4,7,9,11-12,20H,2,5-6,8,10H2. The van der Waals surface area contributed by atoms with Gasteiger partial charge in [-0.15, -0.1) is 11.3 Å². The number of likely N-dealkylation sites (tertiary alicyclic amines) is 1. The largest absolute Gasteiger partial charge is 0.297 e. The fourth-order valence-electron chi connectivity index (χ4n) is 3.10. The van der Waals surface area contributed by atoms with Crippen LogP contribution in [0.3, 0.4) is 0 Å². The Bertz CT molecular complexity index is 1100. The van der Waals surface area contributed by atoms with Gasteiger partial charge < -0.3 is 0 Å². The number of imidazole rings is 1. The Kier molecular flexibility index (Phi) is 4.90. The second-order valence-electron chi connectivity index (χ2n) is 6.51. The van der Waals surface area contributed by atoms with Crippen LogP contribution in [-0.4, -0.2) is 46.8 Å². The maximum Gasteiger partial charge on any atom is 0.234 e. The number of aromatic nitrogens is 2. The quantitative estimate of drug-likeness (QED) is 0.619. The van der Waals surface area contributed by atoms with E-state index in [0.717, 1.165) is 21.1 Å². The molecular formula is C18H18N4O4S2. The third kappa shape index (κ3) is 3.92. The van der Waals surface area contributed by atoms with Crippen LogP contribution >= 0.6 is 11.3 Å². The number of carbonyl (C=O) groups excluding carboxylic acids is 2. The normalized spacial score (nSPS) is 15.4. The average Bonchev–Trinajstić information content (AvgIpc) is 3.23. The van der Waals surface area contributed by atoms with Gasteiger partial charge in [0.15, 0.2) is 4.96 Å². The molecule has 1 aliphatic rings. The van der Waals surface area contributed by atoms with Gasteiger partial charge in [0.2, 0.25) is 21.8 Å². The van der Waals surface area contributed by atoms with Gasteiger partial charge in [0.05, 0.1) is 11.4 Å². The van der Waals surface area contributed by atoms with Crippen LogP contribution in [0, 0.1) is 0 Å². The van der Waals surface area contributed by atoms with E-state index in [1.165, 1.54) is 11.3 Å². The lowest BCUT2D eigenvalue weighted by Gasteiger charge is -2.24. The van der Waals surface area contributed by atoms with E-state index in [0.29, 0.717) is 12.1 Å². The molecule has 10 heteroatoms. The molecule has 0 spiro atoms. The average molecular weight is 419 g/mol. The van der Waals surface area contributed by atoms with Crippen molar-refractivity contribution in [3.8, 4) is 11.3 Å². The molecule has 3 aromatic rings. The first kappa shape index (κ1) is 18.6. The van der Waals surface area contributed by atoms with Crippen LogP contribution in [0.4, 0.5) is 5.69 Å². The third-order valence-corrected chi connectivity index (χ3v) is 6.53. The van der Waals surface area contributed by atoms with Crippen molar-refractivity contribution in [3.05, 3.63) is 42.0 Å². The number of carbonyl (C=O) groups is 2. The summed E-state index contributed by atoms with van der Waals surface area (Å²) in [5, 5.41) is 1.94. The second-order valence-corrected chi connectivity index (χ2v) is 9.23. The lowest BCUT2D eigenvalue weighted by atomic mass is 10.1. The highest BCUT2D eigenvalue weighted by atomic mass is 32.2. The Hall–Kier alpha value is -2.72. The van der Waals surface area contributed by atoms with Crippen molar-refractivity contribution >= 4 is 43.8 Å². The molecule has 8 nitrogen and oxygen atoms in total. The Balaban J connectivity index is 1.46. The van der Waals surface area contributed by atoms with E-state index in [1.54, 1.807) is 18.2 Å². The fourth-order valence-corrected chi connectivity index (χ4v) is 4.81. The summed E-state index contributed by atoms with van der Waals surface area (Å²) < 4.78 is 29.3. The molecule has 0 atom stereocenters. The smallest absolute Gasteiger partial charge is 0.234 e. The van der Waals surface area contributed by atoms with E-state index in [-0.39, 0.29) is 37.0 Å². The Morgan fingerprint density at radius 2 is 1.96 bits per heavy atom. The minimum Gasteiger partial charge on any atom is -0.297 e. The van der Waals surface area contributed by atoms with Gasteiger partial charge in [-0.3, -0.25) is 23.6 Å². The van der Waals surface area contributed by atoms with Crippen LogP contribution in [0.5, 0.6) is 0 Å². The number of benzene rings is 1. The highest BCUT2D eigenvalue weighted by Crippen LogP contribution is 2.24. The summed E-state index contributed by atoms with van der Waals surface area (Å²) in [4.78, 5) is 30.0. The van der Waals surface area contributed by atoms with Crippen LogP contribution in [0.1, 0.15) is 19.3 Å². The van der Waals surface area contributed by atoms with E-state index >= 15 is 0 Å². The zero-order chi connectivity index (χ0) is 19.7. The molecule has 1 aliphatic heterocycles. The number of rotatable bonds is 6. The number of nitrogens with zero attached hydrogens (tertiary/aromatic N) is 3. The first-order valence-corrected chi connectivity index (χ1v) is 11.3. The van der Waals surface area contributed by atoms with E-state index in [9.17, 15) is 18.0 Å². The summed E-state index contributed by atoms with van der Waals surface area (Å²) in [6.07, 6.45) is 4.88. The van der Waals surface area contributed by atoms with Gasteiger partial charge in [-0.05, 0) is 18.6 Å². The second kappa shape index (κ2) is 7.36. The summed E-state index contributed by atoms with van der Waals surface area (Å²) in [6.45, 7) is -0.135. The molecule has 2 amide bonds. The number of thiazole rings is 1. The van der Waals surface area contributed by atoms with Crippen LogP contribution in [0.15, 0.2) is 42.0 Å². The number of fused-ring (bicyclic) bond motifs is 1. The SMILES string of the molecule is O=C1CCCC(=O)N1CCS(=O)(=O)Nc1cccc(-c2cn3ccsc3n2)c1. The van der Waals surface area contributed by atoms with E-state index in [1.807, 2.05) is 28.2 Å². The maximum atomic E-state index is 12.4. The van der Waals surface area contributed by atoms with Crippen molar-refractivity contribution < 1.29 is 18.0 Å². The third-order valence-electron chi connectivity index (χ3n) is 4.49. The van der Waals surface area contributed by atoms with Crippen molar-refractivity contribution in [1.82, 2.24) is 14.3 Å². The van der Waals surface area contributed by atoms with E-state index in [2.05, 4.69) is 9.71 Å². The molecule has 0 radical (unpaired) electrons. The van der Waals surface area contributed by atoms with Gasteiger partial charge in [-0.1, -0.05) is 12.1 Å². The topological polar surface area (TPSA) is 101 Å². The molecule has 146 valence electrons. The van der Waals surface area contributed by atoms with E-state index < -0.39 is 10.0 Å². The summed E-state index contributed by atoms with van der Waals surface area (Å²) >= 11 is 1.52. The molecular weight excluding hydrogens is 400 g/mol. The first-order chi connectivity index (χ1) is 13.4. The van der Waals surface area contributed by atoms with Crippen molar-refractivity contribution in [3.63, 3.8) is 0 Å². The molecule has 1 N–H and O–H groups in total. The van der Waals surface area contributed by atoms with Gasteiger partial charge >= 0.3 is 0 Å². The Morgan fingerprint density at radius 1 is 1.18 bits per heavy atom. The zero-order valence-electron chi connectivity index (χ0n) is 14.9. The van der Waals surface area contributed by atoms with Crippen LogP contribution in [-0.2, 0) is 19.6 Å². The number of hydrogen-bond donors (Lipinski definition) is 1. The zero-order valence-corrected chi connectivity index (χ0v) is 16.5. The Morgan fingerprint density at radius 3 is 2.71 bits per heavy atom. The van der Waals surface area contributed by atoms with Crippen LogP contribution in [0.2, 0.25) is 0 Å². The number of piperidine rings is 1. The predicted octanol–water partition coefficient (Wildman–Crippen LogP) is 2.34. The summed E-state index contributed by atoms with van der Waals surface area (Å²) in [5.41, 5.74) is 1.94. The number of sulfonamides is 1. The summed E-state index contributed by atoms with van der Waals surface area (Å²) in [6, 6.07) is 6.96. The van der Waals surface area contributed by atoms with Crippen molar-refractivity contribution in [2.24, 2.45) is 0 Å². The number of imide groups is 1. The van der Waals surface area contributed by atoms with Gasteiger partial charge in [0.25, 0.3) is 0 Å². The fraction of sp³-hybridized carbons (Fsp3) is 0.278. The van der Waals surface area contributed by atoms with Crippen molar-refractivity contribution in [2.45, 2.75) is 19.3 Å². The molecule has 1 saturated heterocycles. The van der Waals surface area contributed by atoms with Crippen molar-refractivity contribution in [1.29, 1.82) is 0 Å². The molecule has 0 saturated carbocycles. The monoisotopic (exact) mass is 418 g/mol. The number of anilines is 1. The van der Waals surface area contributed by atoms with Crippen LogP contribution < -0.4 is 4.72 Å². The molecule has 1 aromatic carbocycles. The maximum absolute atomic E-state index is 12.4. The van der Waals surface area contributed by atoms with E-state index in [4.69, 9.17) is 0 Å². The molecule has 0 unspecified atom stereocenters. The molecule has 28 heavy (non-hydrogen) atoms. The van der Waals surface area contributed by atoms with Gasteiger partial charge in [0.1, 0.15) is 0 Å². The predicted molar refractivity (Wildman–Crippen MR) is 106 cm³/mol. The number of nitrogens with one attached hydrogen (secondary N) is 1. The minimum atomic E-state index is -3.71. The molecule has 1 fully saturated rings. The molecule has 0 aliphatic carbocycles. The highest BCUT2D eigenvalue weighted by Gasteiger charge is 2.27. The minimum absolute atomic E-state index is 0.135. The Labute approximate surface area is 165 Å². The van der Waals surface area contributed by atoms with Gasteiger partial charge in [-0.2, -0.15) is 0 Å². The lowest BCUT2D eigenvalue weighted by Crippen LogP contribution is -2.43. The molecule has 3 heterocycles.